The summed E-state index contributed by atoms with van der Waals surface area (Å²) < 4.78 is 40.6. The molecule has 13 atom stereocenters. The predicted molar refractivity (Wildman–Crippen MR) is 138 cm³/mol. The normalized spacial score (nSPS) is 48.1. The smallest absolute Gasteiger partial charge is 0.726 e. The molecule has 0 saturated heterocycles. The van der Waals surface area contributed by atoms with E-state index in [0.29, 0.717) is 38.5 Å². The molecule has 4 fully saturated rings. The Kier molecular flexibility index (Phi) is 10.1. The molecule has 4 rings (SSSR count). The second-order valence-corrected chi connectivity index (χ2v) is 14.9. The van der Waals surface area contributed by atoms with Crippen molar-refractivity contribution in [2.24, 2.45) is 34.5 Å². The van der Waals surface area contributed by atoms with Crippen molar-refractivity contribution in [3.8, 4) is 0 Å². The minimum absolute atomic E-state index is 0. The van der Waals surface area contributed by atoms with E-state index in [0.717, 1.165) is 0 Å². The van der Waals surface area contributed by atoms with E-state index < -0.39 is 80.9 Å². The third-order valence-electron chi connectivity index (χ3n) is 11.8. The molecule has 13 heteroatoms. The van der Waals surface area contributed by atoms with Gasteiger partial charge >= 0.3 is 29.6 Å². The van der Waals surface area contributed by atoms with Gasteiger partial charge in [0.05, 0.1) is 24.9 Å². The Labute approximate surface area is 259 Å². The zero-order chi connectivity index (χ0) is 29.4. The van der Waals surface area contributed by atoms with Crippen molar-refractivity contribution in [3.05, 3.63) is 0 Å². The van der Waals surface area contributed by atoms with Crippen LogP contribution in [0.15, 0.2) is 0 Å². The van der Waals surface area contributed by atoms with E-state index in [1.807, 2.05) is 13.8 Å². The predicted octanol–water partition coefficient (Wildman–Crippen LogP) is -2.81. The fourth-order valence-corrected chi connectivity index (χ4v) is 10.1. The van der Waals surface area contributed by atoms with Gasteiger partial charge in [0.25, 0.3) is 0 Å². The summed E-state index contributed by atoms with van der Waals surface area (Å²) in [6.07, 6.45) is -1.93. The first kappa shape index (κ1) is 35.1. The first-order chi connectivity index (χ1) is 17.8. The van der Waals surface area contributed by atoms with E-state index in [9.17, 15) is 48.7 Å². The molecule has 2 unspecified atom stereocenters. The first-order valence-corrected chi connectivity index (χ1v) is 15.6. The third kappa shape index (κ3) is 5.39. The number of fused-ring (bicyclic) bond motifs is 5. The maximum atomic E-state index is 12.6. The Bertz CT molecular complexity index is 1030. The van der Waals surface area contributed by atoms with Gasteiger partial charge in [-0.05, 0) is 87.4 Å². The summed E-state index contributed by atoms with van der Waals surface area (Å²) in [4.78, 5) is 0. The number of hydrogen-bond donors (Lipinski definition) is 7. The van der Waals surface area contributed by atoms with Crippen molar-refractivity contribution in [2.75, 3.05) is 6.61 Å². The molecule has 7 N–H and O–H groups in total. The van der Waals surface area contributed by atoms with Crippen LogP contribution >= 0.6 is 0 Å². The topological polar surface area (TPSA) is 208 Å². The summed E-state index contributed by atoms with van der Waals surface area (Å²) >= 11 is 0. The molecule has 228 valence electrons. The van der Waals surface area contributed by atoms with Gasteiger partial charge in [0.1, 0.15) is 22.9 Å². The van der Waals surface area contributed by atoms with E-state index >= 15 is 0 Å². The number of aliphatic hydroxyl groups excluding tert-OH is 4. The summed E-state index contributed by atoms with van der Waals surface area (Å²) in [5.41, 5.74) is -7.58. The second kappa shape index (κ2) is 11.5. The van der Waals surface area contributed by atoms with Crippen LogP contribution in [0, 0.1) is 34.5 Å². The molecule has 0 aliphatic heterocycles. The van der Waals surface area contributed by atoms with Gasteiger partial charge in [0.15, 0.2) is 0 Å². The summed E-state index contributed by atoms with van der Waals surface area (Å²) in [6.45, 7) is 6.29. The molecule has 11 nitrogen and oxygen atoms in total. The second-order valence-electron chi connectivity index (χ2n) is 13.9. The molecule has 40 heavy (non-hydrogen) atoms. The van der Waals surface area contributed by atoms with Crippen LogP contribution in [-0.2, 0) is 14.6 Å². The van der Waals surface area contributed by atoms with Crippen LogP contribution in [0.25, 0.3) is 0 Å². The fraction of sp³-hybridized carbons (Fsp3) is 1.00. The van der Waals surface area contributed by atoms with E-state index in [1.54, 1.807) is 6.92 Å². The molecule has 0 heterocycles. The zero-order valence-electron chi connectivity index (χ0n) is 24.4. The first-order valence-electron chi connectivity index (χ1n) is 14.2. The van der Waals surface area contributed by atoms with E-state index in [1.165, 1.54) is 6.92 Å². The summed E-state index contributed by atoms with van der Waals surface area (Å²) in [5.74, 6) is -1.52. The fourth-order valence-electron chi connectivity index (χ4n) is 9.57. The van der Waals surface area contributed by atoms with Crippen molar-refractivity contribution in [3.63, 3.8) is 0 Å². The number of rotatable bonds is 8. The third-order valence-corrected chi connectivity index (χ3v) is 12.3. The van der Waals surface area contributed by atoms with Gasteiger partial charge in [0.2, 0.25) is 10.4 Å². The van der Waals surface area contributed by atoms with Gasteiger partial charge in [-0.15, -0.1) is 0 Å². The van der Waals surface area contributed by atoms with Gasteiger partial charge in [-0.1, -0.05) is 20.8 Å². The van der Waals surface area contributed by atoms with E-state index in [4.69, 9.17) is 4.18 Å². The summed E-state index contributed by atoms with van der Waals surface area (Å²) in [6, 6.07) is 0. The zero-order valence-corrected chi connectivity index (χ0v) is 27.2. The van der Waals surface area contributed by atoms with Gasteiger partial charge in [-0.3, -0.25) is 4.18 Å². The van der Waals surface area contributed by atoms with Crippen LogP contribution in [0.4, 0.5) is 0 Å². The standard InChI is InChI=1S/C27H48O11S.Na/c1-15(5-6-21(31)25(4,32)14-28)17-12-22(38-39(35,36)37)27(34)24(17,3)10-8-20-23(2)9-7-16(29)11-18(23)19(30)13-26(20,27)33;/h15-22,28-34H,5-14H2,1-4H3,(H,35,36,37);/q;+1/p-1/t15-,16+,17-,18-,19+,20-,21?,22+,23+,24-,25?,26+,27+;/m1./s1. The van der Waals surface area contributed by atoms with Crippen LogP contribution in [0.5, 0.6) is 0 Å². The Balaban J connectivity index is 0.00000441. The van der Waals surface area contributed by atoms with Gasteiger partial charge in [-0.25, -0.2) is 8.42 Å². The Morgan fingerprint density at radius 2 is 1.73 bits per heavy atom. The molecule has 0 radical (unpaired) electrons. The van der Waals surface area contributed by atoms with E-state index in [2.05, 4.69) is 0 Å². The van der Waals surface area contributed by atoms with Crippen molar-refractivity contribution in [2.45, 2.75) is 127 Å². The van der Waals surface area contributed by atoms with Gasteiger partial charge < -0.3 is 40.3 Å². The molecule has 0 spiro atoms. The monoisotopic (exact) mass is 602 g/mol. The number of aliphatic hydroxyl groups is 7. The largest absolute Gasteiger partial charge is 1.00 e. The maximum Gasteiger partial charge on any atom is 1.00 e. The summed E-state index contributed by atoms with van der Waals surface area (Å²) in [7, 11) is -5.26. The molecule has 0 bridgehead atoms. The molecule has 4 saturated carbocycles. The summed E-state index contributed by atoms with van der Waals surface area (Å²) in [5, 5.41) is 76.7. The molecule has 4 aliphatic rings. The molecule has 0 amide bonds. The quantitative estimate of drug-likeness (QED) is 0.0857. The molecule has 0 aromatic heterocycles. The molecular formula is C27H47NaO11S. The Hall–Kier alpha value is 0.590. The van der Waals surface area contributed by atoms with Crippen molar-refractivity contribution in [1.82, 2.24) is 0 Å². The van der Waals surface area contributed by atoms with Crippen molar-refractivity contribution < 1.29 is 82.5 Å². The molecule has 0 aromatic rings. The number of hydrogen-bond acceptors (Lipinski definition) is 11. The van der Waals surface area contributed by atoms with E-state index in [-0.39, 0.29) is 60.7 Å². The van der Waals surface area contributed by atoms with Gasteiger partial charge in [0, 0.05) is 11.8 Å². The van der Waals surface area contributed by atoms with Crippen LogP contribution < -0.4 is 29.6 Å². The molecule has 4 aliphatic carbocycles. The van der Waals surface area contributed by atoms with Crippen molar-refractivity contribution >= 4 is 10.4 Å². The average Bonchev–Trinajstić information content (AvgIpc) is 3.05. The Morgan fingerprint density at radius 1 is 1.10 bits per heavy atom. The van der Waals surface area contributed by atoms with Crippen molar-refractivity contribution in [1.29, 1.82) is 0 Å². The van der Waals surface area contributed by atoms with Crippen LogP contribution in [0.3, 0.4) is 0 Å². The maximum absolute atomic E-state index is 12.6. The molecule has 0 aromatic carbocycles. The Morgan fingerprint density at radius 3 is 2.30 bits per heavy atom. The van der Waals surface area contributed by atoms with Crippen LogP contribution in [0.1, 0.15) is 85.5 Å². The minimum atomic E-state index is -5.26. The minimum Gasteiger partial charge on any atom is -0.726 e. The van der Waals surface area contributed by atoms with Gasteiger partial charge in [-0.2, -0.15) is 0 Å². The van der Waals surface area contributed by atoms with Crippen LogP contribution in [-0.4, -0.2) is 96.5 Å². The van der Waals surface area contributed by atoms with Crippen LogP contribution in [0.2, 0.25) is 0 Å². The average molecular weight is 603 g/mol. The molecular weight excluding hydrogens is 555 g/mol. The SMILES string of the molecule is C[C@H](CCC(O)C(C)(O)CO)[C@H]1C[C@H](OS(=O)(=O)[O-])[C@]2(O)[C@]1(C)CC[C@@H]1[C@@]3(C)CC[C@H](O)C[C@@H]3[C@@H](O)C[C@]12O.[Na+].